The molecule has 1 N–H and O–H groups in total. The Morgan fingerprint density at radius 3 is 2.38 bits per heavy atom. The van der Waals surface area contributed by atoms with Crippen molar-refractivity contribution in [2.75, 3.05) is 13.7 Å². The van der Waals surface area contributed by atoms with Crippen LogP contribution < -0.4 is 0 Å². The van der Waals surface area contributed by atoms with Crippen molar-refractivity contribution in [3.63, 3.8) is 0 Å². The van der Waals surface area contributed by atoms with Crippen molar-refractivity contribution in [2.24, 2.45) is 0 Å². The van der Waals surface area contributed by atoms with Crippen molar-refractivity contribution in [3.8, 4) is 0 Å². The fourth-order valence-corrected chi connectivity index (χ4v) is 2.80. The average molecular weight is 291 g/mol. The minimum Gasteiger partial charge on any atom is -0.478 e. The number of nitrogens with zero attached hydrogens (tertiary/aromatic N) is 1. The van der Waals surface area contributed by atoms with Gasteiger partial charge in [0.15, 0.2) is 0 Å². The Kier molecular flexibility index (Phi) is 5.33. The highest BCUT2D eigenvalue weighted by Crippen LogP contribution is 2.25. The van der Waals surface area contributed by atoms with Crippen molar-refractivity contribution in [3.05, 3.63) is 35.4 Å². The molecule has 0 bridgehead atoms. The highest BCUT2D eigenvalue weighted by molar-refractivity contribution is 5.87. The summed E-state index contributed by atoms with van der Waals surface area (Å²) < 4.78 is 4.77. The van der Waals surface area contributed by atoms with Gasteiger partial charge >= 0.3 is 11.9 Å². The Morgan fingerprint density at radius 2 is 1.86 bits per heavy atom. The van der Waals surface area contributed by atoms with Gasteiger partial charge in [-0.25, -0.2) is 4.79 Å². The standard InChI is InChI=1S/C16H21NO4/c1-21-15(18)11-17(14-4-2-3-5-14)10-12-6-8-13(9-7-12)16(19)20/h6-9,14H,2-5,10-11H2,1H3,(H,19,20). The van der Waals surface area contributed by atoms with Gasteiger partial charge in [-0.15, -0.1) is 0 Å². The molecule has 0 radical (unpaired) electrons. The van der Waals surface area contributed by atoms with Crippen LogP contribution in [-0.2, 0) is 16.1 Å². The molecule has 1 aliphatic rings. The Morgan fingerprint density at radius 1 is 1.24 bits per heavy atom. The Hall–Kier alpha value is -1.88. The molecule has 2 rings (SSSR count). The van der Waals surface area contributed by atoms with Gasteiger partial charge < -0.3 is 9.84 Å². The van der Waals surface area contributed by atoms with Crippen LogP contribution >= 0.6 is 0 Å². The monoisotopic (exact) mass is 291 g/mol. The fourth-order valence-electron chi connectivity index (χ4n) is 2.80. The number of hydrogen-bond donors (Lipinski definition) is 1. The molecule has 1 fully saturated rings. The number of carboxylic acid groups (broad SMARTS) is 1. The molecule has 114 valence electrons. The molecule has 0 aromatic heterocycles. The van der Waals surface area contributed by atoms with Gasteiger partial charge in [0, 0.05) is 12.6 Å². The first-order valence-electron chi connectivity index (χ1n) is 7.23. The lowest BCUT2D eigenvalue weighted by Gasteiger charge is -2.27. The minimum absolute atomic E-state index is 0.232. The van der Waals surface area contributed by atoms with Crippen molar-refractivity contribution >= 4 is 11.9 Å². The molecule has 0 unspecified atom stereocenters. The highest BCUT2D eigenvalue weighted by atomic mass is 16.5. The van der Waals surface area contributed by atoms with E-state index in [1.54, 1.807) is 12.1 Å². The van der Waals surface area contributed by atoms with E-state index in [2.05, 4.69) is 4.90 Å². The van der Waals surface area contributed by atoms with E-state index in [-0.39, 0.29) is 18.1 Å². The quantitative estimate of drug-likeness (QED) is 0.815. The van der Waals surface area contributed by atoms with E-state index >= 15 is 0 Å². The van der Waals surface area contributed by atoms with Gasteiger partial charge in [-0.3, -0.25) is 9.69 Å². The van der Waals surface area contributed by atoms with E-state index in [1.807, 2.05) is 12.1 Å². The lowest BCUT2D eigenvalue weighted by atomic mass is 10.1. The summed E-state index contributed by atoms with van der Waals surface area (Å²) in [5, 5.41) is 8.91. The van der Waals surface area contributed by atoms with Gasteiger partial charge in [-0.2, -0.15) is 0 Å². The number of carbonyl (C=O) groups is 2. The minimum atomic E-state index is -0.927. The van der Waals surface area contributed by atoms with Crippen LogP contribution in [0.2, 0.25) is 0 Å². The van der Waals surface area contributed by atoms with Crippen LogP contribution in [-0.4, -0.2) is 41.6 Å². The van der Waals surface area contributed by atoms with Crippen LogP contribution in [0.25, 0.3) is 0 Å². The van der Waals surface area contributed by atoms with Gasteiger partial charge in [-0.1, -0.05) is 25.0 Å². The highest BCUT2D eigenvalue weighted by Gasteiger charge is 2.24. The first kappa shape index (κ1) is 15.5. The molecular weight excluding hydrogens is 270 g/mol. The average Bonchev–Trinajstić information content (AvgIpc) is 3.01. The summed E-state index contributed by atoms with van der Waals surface area (Å²) >= 11 is 0. The Labute approximate surface area is 124 Å². The summed E-state index contributed by atoms with van der Waals surface area (Å²) in [4.78, 5) is 24.6. The number of benzene rings is 1. The van der Waals surface area contributed by atoms with Crippen LogP contribution in [0.4, 0.5) is 0 Å². The molecule has 0 amide bonds. The van der Waals surface area contributed by atoms with Crippen LogP contribution in [0.3, 0.4) is 0 Å². The maximum atomic E-state index is 11.6. The van der Waals surface area contributed by atoms with Crippen LogP contribution in [0.5, 0.6) is 0 Å². The molecule has 0 heterocycles. The van der Waals surface area contributed by atoms with Crippen LogP contribution in [0.1, 0.15) is 41.6 Å². The summed E-state index contributed by atoms with van der Waals surface area (Å²) in [6.07, 6.45) is 4.59. The molecular formula is C16H21NO4. The summed E-state index contributed by atoms with van der Waals surface area (Å²) in [5.41, 5.74) is 1.29. The third-order valence-electron chi connectivity index (χ3n) is 3.99. The van der Waals surface area contributed by atoms with Crippen molar-refractivity contribution in [1.82, 2.24) is 4.90 Å². The topological polar surface area (TPSA) is 66.8 Å². The zero-order valence-electron chi connectivity index (χ0n) is 12.2. The zero-order chi connectivity index (χ0) is 15.2. The van der Waals surface area contributed by atoms with Crippen LogP contribution in [0, 0.1) is 0 Å². The lowest BCUT2D eigenvalue weighted by molar-refractivity contribution is -0.142. The first-order chi connectivity index (χ1) is 10.1. The SMILES string of the molecule is COC(=O)CN(Cc1ccc(C(=O)O)cc1)C1CCCC1. The van der Waals surface area contributed by atoms with Crippen molar-refractivity contribution in [2.45, 2.75) is 38.3 Å². The van der Waals surface area contributed by atoms with E-state index in [0.29, 0.717) is 12.6 Å². The van der Waals surface area contributed by atoms with Gasteiger partial charge in [0.2, 0.25) is 0 Å². The summed E-state index contributed by atoms with van der Waals surface area (Å²) in [7, 11) is 1.40. The summed E-state index contributed by atoms with van der Waals surface area (Å²) in [6, 6.07) is 7.22. The second-order valence-electron chi connectivity index (χ2n) is 5.42. The van der Waals surface area contributed by atoms with Crippen LogP contribution in [0.15, 0.2) is 24.3 Å². The second-order valence-corrected chi connectivity index (χ2v) is 5.42. The number of carboxylic acids is 1. The molecule has 0 aliphatic heterocycles. The lowest BCUT2D eigenvalue weighted by Crippen LogP contribution is -2.37. The molecule has 1 aromatic carbocycles. The smallest absolute Gasteiger partial charge is 0.335 e. The van der Waals surface area contributed by atoms with Crippen molar-refractivity contribution in [1.29, 1.82) is 0 Å². The second kappa shape index (κ2) is 7.22. The third-order valence-corrected chi connectivity index (χ3v) is 3.99. The number of hydrogen-bond acceptors (Lipinski definition) is 4. The number of methoxy groups -OCH3 is 1. The summed E-state index contributed by atoms with van der Waals surface area (Å²) in [6.45, 7) is 0.918. The molecule has 21 heavy (non-hydrogen) atoms. The van der Waals surface area contributed by atoms with Gasteiger partial charge in [0.25, 0.3) is 0 Å². The van der Waals surface area contributed by atoms with E-state index in [0.717, 1.165) is 18.4 Å². The maximum absolute atomic E-state index is 11.6. The number of esters is 1. The predicted molar refractivity (Wildman–Crippen MR) is 78.1 cm³/mol. The van der Waals surface area contributed by atoms with Gasteiger partial charge in [-0.05, 0) is 30.5 Å². The first-order valence-corrected chi connectivity index (χ1v) is 7.23. The number of rotatable bonds is 6. The third kappa shape index (κ3) is 4.29. The van der Waals surface area contributed by atoms with E-state index in [9.17, 15) is 9.59 Å². The maximum Gasteiger partial charge on any atom is 0.335 e. The number of carbonyl (C=O) groups excluding carboxylic acids is 1. The molecule has 1 aliphatic carbocycles. The molecule has 0 atom stereocenters. The number of ether oxygens (including phenoxy) is 1. The Bertz CT molecular complexity index is 492. The van der Waals surface area contributed by atoms with E-state index < -0.39 is 5.97 Å². The van der Waals surface area contributed by atoms with E-state index in [1.165, 1.54) is 20.0 Å². The largest absolute Gasteiger partial charge is 0.478 e. The molecule has 5 heteroatoms. The molecule has 0 spiro atoms. The molecule has 1 aromatic rings. The summed E-state index contributed by atoms with van der Waals surface area (Å²) in [5.74, 6) is -1.16. The predicted octanol–water partition coefficient (Wildman–Crippen LogP) is 2.30. The molecule has 1 saturated carbocycles. The van der Waals surface area contributed by atoms with Gasteiger partial charge in [0.1, 0.15) is 0 Å². The normalized spacial score (nSPS) is 15.3. The molecule has 0 saturated heterocycles. The number of aromatic carboxylic acids is 1. The van der Waals surface area contributed by atoms with Gasteiger partial charge in [0.05, 0.1) is 19.2 Å². The van der Waals surface area contributed by atoms with E-state index in [4.69, 9.17) is 9.84 Å². The molecule has 5 nitrogen and oxygen atoms in total. The zero-order valence-corrected chi connectivity index (χ0v) is 12.2. The van der Waals surface area contributed by atoms with Crippen molar-refractivity contribution < 1.29 is 19.4 Å². The Balaban J connectivity index is 2.06. The fraction of sp³-hybridized carbons (Fsp3) is 0.500.